The van der Waals surface area contributed by atoms with E-state index in [-0.39, 0.29) is 0 Å². The molecule has 2 N–H and O–H groups in total. The van der Waals surface area contributed by atoms with Gasteiger partial charge in [0.05, 0.1) is 0 Å². The van der Waals surface area contributed by atoms with Gasteiger partial charge in [0.25, 0.3) is 0 Å². The second-order valence-corrected chi connectivity index (χ2v) is 6.58. The van der Waals surface area contributed by atoms with E-state index < -0.39 is 0 Å². The van der Waals surface area contributed by atoms with Crippen LogP contribution in [0.5, 0.6) is 0 Å². The van der Waals surface area contributed by atoms with Gasteiger partial charge in [-0.3, -0.25) is 4.79 Å². The largest absolute Gasteiger partial charge is 0.341 e. The minimum absolute atomic E-state index is 0.350. The first-order valence-electron chi connectivity index (χ1n) is 7.76. The van der Waals surface area contributed by atoms with Crippen LogP contribution < -0.4 is 5.73 Å². The summed E-state index contributed by atoms with van der Waals surface area (Å²) in [6.45, 7) is 1.85. The molecule has 0 bridgehead atoms. The average Bonchev–Trinajstić information content (AvgIpc) is 2.86. The predicted molar refractivity (Wildman–Crippen MR) is 77.8 cm³/mol. The van der Waals surface area contributed by atoms with Crippen LogP contribution in [-0.4, -0.2) is 55.0 Å². The summed E-state index contributed by atoms with van der Waals surface area (Å²) in [5, 5.41) is 0. The van der Waals surface area contributed by atoms with Crippen LogP contribution in [0.2, 0.25) is 0 Å². The van der Waals surface area contributed by atoms with E-state index in [4.69, 9.17) is 5.73 Å². The van der Waals surface area contributed by atoms with Crippen LogP contribution in [0.15, 0.2) is 0 Å². The van der Waals surface area contributed by atoms with Crippen molar-refractivity contribution >= 4 is 5.91 Å². The normalized spacial score (nSPS) is 32.0. The molecule has 19 heavy (non-hydrogen) atoms. The topological polar surface area (TPSA) is 49.6 Å². The van der Waals surface area contributed by atoms with E-state index >= 15 is 0 Å². The van der Waals surface area contributed by atoms with E-state index in [0.717, 1.165) is 38.8 Å². The van der Waals surface area contributed by atoms with Crippen LogP contribution in [0.1, 0.15) is 44.9 Å². The van der Waals surface area contributed by atoms with Crippen molar-refractivity contribution in [3.63, 3.8) is 0 Å². The fraction of sp³-hybridized carbons (Fsp3) is 0.933. The minimum Gasteiger partial charge on any atom is -0.341 e. The highest BCUT2D eigenvalue weighted by Crippen LogP contribution is 2.27. The Morgan fingerprint density at radius 2 is 2.11 bits per heavy atom. The fourth-order valence-electron chi connectivity index (χ4n) is 3.47. The molecule has 2 rings (SSSR count). The molecule has 3 unspecified atom stereocenters. The van der Waals surface area contributed by atoms with Gasteiger partial charge in [-0.2, -0.15) is 0 Å². The van der Waals surface area contributed by atoms with Crippen molar-refractivity contribution in [2.75, 3.05) is 27.2 Å². The molecular weight excluding hydrogens is 238 g/mol. The number of carbonyl (C=O) groups excluding carboxylic acids is 1. The fourth-order valence-corrected chi connectivity index (χ4v) is 3.47. The number of hydrogen-bond donors (Lipinski definition) is 1. The number of hydrogen-bond acceptors (Lipinski definition) is 3. The third-order valence-electron chi connectivity index (χ3n) is 4.84. The third-order valence-corrected chi connectivity index (χ3v) is 4.84. The number of amides is 1. The third kappa shape index (κ3) is 4.18. The van der Waals surface area contributed by atoms with Crippen molar-refractivity contribution in [2.45, 2.75) is 57.0 Å². The number of likely N-dealkylation sites (N-methyl/N-ethyl adjacent to an activating group) is 1. The van der Waals surface area contributed by atoms with Crippen molar-refractivity contribution in [3.05, 3.63) is 0 Å². The quantitative estimate of drug-likeness (QED) is 0.838. The van der Waals surface area contributed by atoms with E-state index in [1.165, 1.54) is 19.3 Å². The molecular formula is C15H29N3O. The summed E-state index contributed by atoms with van der Waals surface area (Å²) >= 11 is 0. The lowest BCUT2D eigenvalue weighted by Gasteiger charge is -2.27. The molecule has 2 aliphatic rings. The summed E-state index contributed by atoms with van der Waals surface area (Å²) in [7, 11) is 4.20. The van der Waals surface area contributed by atoms with Crippen molar-refractivity contribution < 1.29 is 4.79 Å². The van der Waals surface area contributed by atoms with Crippen LogP contribution in [0, 0.1) is 5.92 Å². The Bertz CT molecular complexity index is 306. The van der Waals surface area contributed by atoms with Gasteiger partial charge in [-0.25, -0.2) is 0 Å². The standard InChI is InChI=1S/C15H29N3O/c1-17(2)14-8-9-18(11-14)15(19)7-6-12-4-3-5-13(16)10-12/h12-14H,3-11,16H2,1-2H3. The number of nitrogens with zero attached hydrogens (tertiary/aromatic N) is 2. The Labute approximate surface area is 117 Å². The Morgan fingerprint density at radius 1 is 1.32 bits per heavy atom. The summed E-state index contributed by atoms with van der Waals surface area (Å²) in [6.07, 6.45) is 7.67. The van der Waals surface area contributed by atoms with Gasteiger partial charge in [0.1, 0.15) is 0 Å². The molecule has 4 nitrogen and oxygen atoms in total. The predicted octanol–water partition coefficient (Wildman–Crippen LogP) is 1.45. The SMILES string of the molecule is CN(C)C1CCN(C(=O)CCC2CCCC(N)C2)C1. The maximum atomic E-state index is 12.2. The van der Waals surface area contributed by atoms with Crippen molar-refractivity contribution in [1.29, 1.82) is 0 Å². The second kappa shape index (κ2) is 6.71. The first-order valence-corrected chi connectivity index (χ1v) is 7.76. The monoisotopic (exact) mass is 267 g/mol. The van der Waals surface area contributed by atoms with Crippen molar-refractivity contribution in [1.82, 2.24) is 9.80 Å². The molecule has 1 amide bonds. The van der Waals surface area contributed by atoms with Gasteiger partial charge in [0.15, 0.2) is 0 Å². The zero-order valence-corrected chi connectivity index (χ0v) is 12.5. The van der Waals surface area contributed by atoms with Crippen LogP contribution >= 0.6 is 0 Å². The molecule has 0 radical (unpaired) electrons. The molecule has 0 aromatic heterocycles. The highest BCUT2D eigenvalue weighted by molar-refractivity contribution is 5.76. The number of likely N-dealkylation sites (tertiary alicyclic amines) is 1. The van der Waals surface area contributed by atoms with Crippen LogP contribution in [0.4, 0.5) is 0 Å². The molecule has 0 aromatic rings. The van der Waals surface area contributed by atoms with Crippen LogP contribution in [0.3, 0.4) is 0 Å². The maximum absolute atomic E-state index is 12.2. The van der Waals surface area contributed by atoms with Gasteiger partial charge >= 0.3 is 0 Å². The highest BCUT2D eigenvalue weighted by Gasteiger charge is 2.28. The number of rotatable bonds is 4. The van der Waals surface area contributed by atoms with E-state index in [0.29, 0.717) is 23.9 Å². The van der Waals surface area contributed by atoms with E-state index in [2.05, 4.69) is 19.0 Å². The molecule has 1 saturated carbocycles. The van der Waals surface area contributed by atoms with Gasteiger partial charge < -0.3 is 15.5 Å². The van der Waals surface area contributed by atoms with Crippen molar-refractivity contribution in [3.8, 4) is 0 Å². The molecule has 0 spiro atoms. The Morgan fingerprint density at radius 3 is 2.74 bits per heavy atom. The lowest BCUT2D eigenvalue weighted by Crippen LogP contribution is -2.35. The summed E-state index contributed by atoms with van der Waals surface area (Å²) in [5.74, 6) is 1.03. The molecule has 2 fully saturated rings. The van der Waals surface area contributed by atoms with Gasteiger partial charge in [0, 0.05) is 31.6 Å². The molecule has 1 aliphatic heterocycles. The Hall–Kier alpha value is -0.610. The molecule has 1 saturated heterocycles. The molecule has 3 atom stereocenters. The van der Waals surface area contributed by atoms with E-state index in [1.807, 2.05) is 4.90 Å². The van der Waals surface area contributed by atoms with Crippen LogP contribution in [-0.2, 0) is 4.79 Å². The summed E-state index contributed by atoms with van der Waals surface area (Å²) in [4.78, 5) is 16.5. The summed E-state index contributed by atoms with van der Waals surface area (Å²) in [6, 6.07) is 0.922. The molecule has 0 aromatic carbocycles. The molecule has 1 heterocycles. The molecule has 1 aliphatic carbocycles. The van der Waals surface area contributed by atoms with Gasteiger partial charge in [-0.05, 0) is 45.7 Å². The Balaban J connectivity index is 1.70. The number of carbonyl (C=O) groups is 1. The lowest BCUT2D eigenvalue weighted by atomic mass is 9.83. The van der Waals surface area contributed by atoms with Gasteiger partial charge in [-0.1, -0.05) is 12.8 Å². The summed E-state index contributed by atoms with van der Waals surface area (Å²) < 4.78 is 0. The van der Waals surface area contributed by atoms with E-state index in [9.17, 15) is 4.79 Å². The first kappa shape index (κ1) is 14.8. The zero-order chi connectivity index (χ0) is 13.8. The highest BCUT2D eigenvalue weighted by atomic mass is 16.2. The molecule has 110 valence electrons. The summed E-state index contributed by atoms with van der Waals surface area (Å²) in [5.41, 5.74) is 6.00. The zero-order valence-electron chi connectivity index (χ0n) is 12.5. The van der Waals surface area contributed by atoms with Crippen molar-refractivity contribution in [2.24, 2.45) is 11.7 Å². The first-order chi connectivity index (χ1) is 9.06. The number of nitrogens with two attached hydrogens (primary N) is 1. The second-order valence-electron chi connectivity index (χ2n) is 6.58. The smallest absolute Gasteiger partial charge is 0.222 e. The van der Waals surface area contributed by atoms with Crippen LogP contribution in [0.25, 0.3) is 0 Å². The van der Waals surface area contributed by atoms with Gasteiger partial charge in [-0.15, -0.1) is 0 Å². The maximum Gasteiger partial charge on any atom is 0.222 e. The van der Waals surface area contributed by atoms with E-state index in [1.54, 1.807) is 0 Å². The lowest BCUT2D eigenvalue weighted by molar-refractivity contribution is -0.130. The molecule has 4 heteroatoms. The average molecular weight is 267 g/mol. The Kier molecular flexibility index (Phi) is 5.22. The van der Waals surface area contributed by atoms with Gasteiger partial charge in [0.2, 0.25) is 5.91 Å². The minimum atomic E-state index is 0.350.